The van der Waals surface area contributed by atoms with Gasteiger partial charge in [0, 0.05) is 26.4 Å². The van der Waals surface area contributed by atoms with E-state index >= 15 is 0 Å². The van der Waals surface area contributed by atoms with E-state index in [1.807, 2.05) is 0 Å². The number of nitrogens with two attached hydrogens (primary N) is 1. The molecule has 4 aliphatic heterocycles. The topological polar surface area (TPSA) is 415 Å². The summed E-state index contributed by atoms with van der Waals surface area (Å²) in [5.74, 6) is -6.01. The van der Waals surface area contributed by atoms with Gasteiger partial charge in [-0.05, 0) is 19.8 Å². The van der Waals surface area contributed by atoms with Crippen LogP contribution in [0.4, 0.5) is 0 Å². The lowest BCUT2D eigenvalue weighted by Gasteiger charge is -2.51. The Labute approximate surface area is 374 Å². The first-order valence-electron chi connectivity index (χ1n) is 21.6. The smallest absolute Gasteiger partial charge is 0.364 e. The third-order valence-electron chi connectivity index (χ3n) is 11.9. The van der Waals surface area contributed by atoms with Gasteiger partial charge in [0.25, 0.3) is 5.79 Å². The summed E-state index contributed by atoms with van der Waals surface area (Å²) in [5.41, 5.74) is 5.97. The maximum Gasteiger partial charge on any atom is 0.364 e. The zero-order valence-corrected chi connectivity index (χ0v) is 36.4. The van der Waals surface area contributed by atoms with Crippen molar-refractivity contribution in [1.82, 2.24) is 5.32 Å². The zero-order chi connectivity index (χ0) is 48.3. The van der Waals surface area contributed by atoms with Crippen LogP contribution in [0, 0.1) is 0 Å². The summed E-state index contributed by atoms with van der Waals surface area (Å²) >= 11 is 0. The van der Waals surface area contributed by atoms with Gasteiger partial charge in [-0.25, -0.2) is 4.79 Å². The van der Waals surface area contributed by atoms with E-state index in [-0.39, 0.29) is 12.6 Å². The SMILES string of the molecule is COC(=O)CCCCCCCCO[C@@H]1O[C@H](CO)[C@@H](O[C@@H]2O[C@@H](C)[C@@H](O)[C@@H](O)[C@@H]2O)[C@H](O[C@@H]2O[C@H](CO)[C@H](O)[C@H](O[C@]3(C(=O)O)C[C@H](O)[C@@H](N)[C@H]([C@H](O)[C@H](O)CO)O3)[C@H]2O)[C@H]1NC(C)=O. The first-order chi connectivity index (χ1) is 30.7. The Morgan fingerprint density at radius 2 is 1.37 bits per heavy atom. The molecule has 4 rings (SSSR count). The van der Waals surface area contributed by atoms with Gasteiger partial charge >= 0.3 is 11.9 Å². The van der Waals surface area contributed by atoms with Crippen molar-refractivity contribution < 1.29 is 118 Å². The molecule has 26 heteroatoms. The summed E-state index contributed by atoms with van der Waals surface area (Å²) in [6, 6.07) is -3.01. The molecule has 26 nitrogen and oxygen atoms in total. The molecule has 0 aromatic carbocycles. The monoisotopic (exact) mass is 948 g/mol. The molecule has 0 spiro atoms. The Kier molecular flexibility index (Phi) is 21.5. The number of unbranched alkanes of at least 4 members (excludes halogenated alkanes) is 5. The molecule has 0 saturated carbocycles. The van der Waals surface area contributed by atoms with Crippen molar-refractivity contribution in [2.24, 2.45) is 5.73 Å². The van der Waals surface area contributed by atoms with Gasteiger partial charge in [-0.2, -0.15) is 0 Å². The van der Waals surface area contributed by atoms with E-state index in [0.717, 1.165) is 26.2 Å². The van der Waals surface area contributed by atoms with Crippen molar-refractivity contribution >= 4 is 17.8 Å². The molecule has 378 valence electrons. The van der Waals surface area contributed by atoms with Gasteiger partial charge in [0.15, 0.2) is 18.9 Å². The summed E-state index contributed by atoms with van der Waals surface area (Å²) in [7, 11) is 1.32. The molecule has 0 aromatic rings. The van der Waals surface area contributed by atoms with Crippen LogP contribution in [0.3, 0.4) is 0 Å². The summed E-state index contributed by atoms with van der Waals surface area (Å²) < 4.78 is 51.9. The molecule has 0 unspecified atom stereocenters. The zero-order valence-electron chi connectivity index (χ0n) is 36.4. The molecule has 21 atom stereocenters. The molecule has 0 aliphatic carbocycles. The minimum Gasteiger partial charge on any atom is -0.477 e. The van der Waals surface area contributed by atoms with E-state index in [2.05, 4.69) is 10.1 Å². The van der Waals surface area contributed by atoms with Crippen LogP contribution in [0.15, 0.2) is 0 Å². The number of methoxy groups -OCH3 is 1. The number of carboxylic acids is 1. The fourth-order valence-corrected chi connectivity index (χ4v) is 8.11. The number of aliphatic hydroxyl groups is 11. The highest BCUT2D eigenvalue weighted by Gasteiger charge is 2.60. The van der Waals surface area contributed by atoms with Crippen LogP contribution in [0.2, 0.25) is 0 Å². The number of carbonyl (C=O) groups is 3. The second-order valence-corrected chi connectivity index (χ2v) is 16.7. The highest BCUT2D eigenvalue weighted by atomic mass is 16.8. The average Bonchev–Trinajstić information content (AvgIpc) is 3.27. The molecule has 4 aliphatic rings. The van der Waals surface area contributed by atoms with Crippen LogP contribution < -0.4 is 11.1 Å². The van der Waals surface area contributed by atoms with E-state index in [9.17, 15) is 75.7 Å². The molecule has 1 amide bonds. The van der Waals surface area contributed by atoms with Crippen molar-refractivity contribution in [2.45, 2.75) is 194 Å². The van der Waals surface area contributed by atoms with E-state index in [0.29, 0.717) is 25.7 Å². The molecule has 0 aromatic heterocycles. The molecule has 4 fully saturated rings. The second-order valence-electron chi connectivity index (χ2n) is 16.7. The summed E-state index contributed by atoms with van der Waals surface area (Å²) in [4.78, 5) is 37.1. The minimum atomic E-state index is -3.05. The molecular weight excluding hydrogens is 880 g/mol. The lowest BCUT2D eigenvalue weighted by atomic mass is 9.88. The van der Waals surface area contributed by atoms with Gasteiger partial charge in [-0.1, -0.05) is 25.7 Å². The van der Waals surface area contributed by atoms with Crippen molar-refractivity contribution in [2.75, 3.05) is 33.5 Å². The van der Waals surface area contributed by atoms with E-state index < -0.39 is 166 Å². The Balaban J connectivity index is 1.66. The van der Waals surface area contributed by atoms with Crippen molar-refractivity contribution in [3.63, 3.8) is 0 Å². The number of hydrogen-bond donors (Lipinski definition) is 14. The largest absolute Gasteiger partial charge is 0.477 e. The third kappa shape index (κ3) is 13.7. The number of aliphatic hydroxyl groups excluding tert-OH is 11. The average molecular weight is 949 g/mol. The summed E-state index contributed by atoms with van der Waals surface area (Å²) in [6.07, 6.45) is -29.1. The first-order valence-corrected chi connectivity index (χ1v) is 21.6. The second kappa shape index (κ2) is 25.3. The Morgan fingerprint density at radius 1 is 0.769 bits per heavy atom. The van der Waals surface area contributed by atoms with Crippen LogP contribution >= 0.6 is 0 Å². The summed E-state index contributed by atoms with van der Waals surface area (Å²) in [5, 5.41) is 130. The fourth-order valence-electron chi connectivity index (χ4n) is 8.11. The van der Waals surface area contributed by atoms with Gasteiger partial charge in [0.1, 0.15) is 85.4 Å². The Morgan fingerprint density at radius 3 is 1.97 bits per heavy atom. The van der Waals surface area contributed by atoms with E-state index in [1.165, 1.54) is 14.0 Å². The lowest BCUT2D eigenvalue weighted by Crippen LogP contribution is -2.71. The molecule has 65 heavy (non-hydrogen) atoms. The number of rotatable bonds is 23. The normalized spacial score (nSPS) is 41.0. The van der Waals surface area contributed by atoms with Gasteiger partial charge in [0.05, 0.1) is 45.2 Å². The number of hydrogen-bond acceptors (Lipinski definition) is 24. The lowest BCUT2D eigenvalue weighted by molar-refractivity contribution is -0.390. The highest BCUT2D eigenvalue weighted by molar-refractivity contribution is 5.76. The van der Waals surface area contributed by atoms with Crippen LogP contribution in [0.5, 0.6) is 0 Å². The predicted molar refractivity (Wildman–Crippen MR) is 211 cm³/mol. The van der Waals surface area contributed by atoms with Crippen LogP contribution in [0.1, 0.15) is 65.2 Å². The molecule has 0 radical (unpaired) electrons. The molecule has 0 bridgehead atoms. The number of amides is 1. The molecule has 15 N–H and O–H groups in total. The standard InChI is InChI=1S/C39H68N2O24/c1-16-25(49)28(52)29(53)36(59-16)62-31-21(15-44)61-35(58-11-9-7-5-4-6-8-10-22(48)57-3)24(41-17(2)45)33(31)63-37-30(54)34(27(51)20(14-43)60-37)65-39(38(55)56)12-18(46)23(40)32(64-39)26(50)19(47)13-42/h16,18-21,23-37,42-44,46-47,49-54H,4-15,40H2,1-3H3,(H,41,45)(H,55,56)/t16-,18-,19+,20+,21+,23+,24+,25+,26+,27-,28+,29-,30+,31+,32+,33+,34-,35+,36-,37-,39-/m0/s1. The number of ether oxygens (including phenoxy) is 9. The molecular formula is C39H68N2O24. The van der Waals surface area contributed by atoms with E-state index in [1.54, 1.807) is 0 Å². The molecule has 4 saturated heterocycles. The van der Waals surface area contributed by atoms with Gasteiger partial charge < -0.3 is 115 Å². The number of carbonyl (C=O) groups excluding carboxylic acids is 2. The number of aliphatic carboxylic acids is 1. The van der Waals surface area contributed by atoms with E-state index in [4.69, 9.17) is 43.6 Å². The maximum atomic E-state index is 12.9. The van der Waals surface area contributed by atoms with Crippen molar-refractivity contribution in [1.29, 1.82) is 0 Å². The van der Waals surface area contributed by atoms with Crippen LogP contribution in [-0.4, -0.2) is 241 Å². The Hall–Kier alpha value is -2.39. The van der Waals surface area contributed by atoms with Crippen LogP contribution in [-0.2, 0) is 57.0 Å². The van der Waals surface area contributed by atoms with Gasteiger partial charge in [-0.15, -0.1) is 0 Å². The first kappa shape index (κ1) is 55.2. The predicted octanol–water partition coefficient (Wildman–Crippen LogP) is -6.48. The Bertz CT molecular complexity index is 1490. The maximum absolute atomic E-state index is 12.9. The third-order valence-corrected chi connectivity index (χ3v) is 11.9. The fraction of sp³-hybridized carbons (Fsp3) is 0.923. The number of nitrogens with one attached hydrogen (secondary N) is 1. The van der Waals surface area contributed by atoms with Gasteiger partial charge in [-0.3, -0.25) is 9.59 Å². The van der Waals surface area contributed by atoms with Crippen molar-refractivity contribution in [3.05, 3.63) is 0 Å². The number of esters is 1. The van der Waals surface area contributed by atoms with Gasteiger partial charge in [0.2, 0.25) is 5.91 Å². The van der Waals surface area contributed by atoms with Crippen LogP contribution in [0.25, 0.3) is 0 Å². The summed E-state index contributed by atoms with van der Waals surface area (Å²) in [6.45, 7) is -0.387. The van der Waals surface area contributed by atoms with Crippen molar-refractivity contribution in [3.8, 4) is 0 Å². The minimum absolute atomic E-state index is 0.0282. The quantitative estimate of drug-likeness (QED) is 0.0334. The number of carboxylic acid groups (broad SMARTS) is 1. The molecule has 4 heterocycles. The highest BCUT2D eigenvalue weighted by Crippen LogP contribution is 2.39.